The molecule has 0 bridgehead atoms. The molecule has 2 rings (SSSR count). The lowest BCUT2D eigenvalue weighted by Gasteiger charge is -2.18. The maximum absolute atomic E-state index is 4.40. The van der Waals surface area contributed by atoms with Gasteiger partial charge in [-0.15, -0.1) is 0 Å². The summed E-state index contributed by atoms with van der Waals surface area (Å²) in [6.45, 7) is 4.14. The largest absolute Gasteiger partial charge is 0.329 e. The summed E-state index contributed by atoms with van der Waals surface area (Å²) in [5, 5.41) is 0. The molecule has 1 aromatic heterocycles. The van der Waals surface area contributed by atoms with E-state index in [1.54, 1.807) is 0 Å². The normalized spacial score (nSPS) is 10.2. The van der Waals surface area contributed by atoms with Crippen molar-refractivity contribution in [2.24, 2.45) is 0 Å². The van der Waals surface area contributed by atoms with Crippen molar-refractivity contribution in [3.63, 3.8) is 0 Å². The number of aryl methyl sites for hydroxylation is 2. The van der Waals surface area contributed by atoms with Gasteiger partial charge in [0.25, 0.3) is 0 Å². The molecular weight excluding hydrogens is 196 g/mol. The summed E-state index contributed by atoms with van der Waals surface area (Å²) in [5.41, 5.74) is 3.61. The highest BCUT2D eigenvalue weighted by atomic mass is 15.2. The molecule has 0 N–H and O–H groups in total. The average Bonchev–Trinajstić information content (AvgIpc) is 2.30. The predicted octanol–water partition coefficient (Wildman–Crippen LogP) is 3.47. The topological polar surface area (TPSA) is 16.1 Å². The summed E-state index contributed by atoms with van der Waals surface area (Å²) >= 11 is 0. The quantitative estimate of drug-likeness (QED) is 0.757. The van der Waals surface area contributed by atoms with E-state index in [1.165, 1.54) is 11.1 Å². The number of nitrogens with zero attached hydrogens (tertiary/aromatic N) is 2. The van der Waals surface area contributed by atoms with Crippen molar-refractivity contribution >= 4 is 11.5 Å². The molecule has 0 saturated heterocycles. The fourth-order valence-corrected chi connectivity index (χ4v) is 1.56. The Morgan fingerprint density at radius 3 is 2.06 bits per heavy atom. The van der Waals surface area contributed by atoms with Crippen LogP contribution in [0.2, 0.25) is 0 Å². The summed E-state index contributed by atoms with van der Waals surface area (Å²) in [6, 6.07) is 12.6. The van der Waals surface area contributed by atoms with Gasteiger partial charge >= 0.3 is 0 Å². The van der Waals surface area contributed by atoms with E-state index in [-0.39, 0.29) is 0 Å². The molecule has 2 nitrogen and oxygen atoms in total. The van der Waals surface area contributed by atoms with E-state index < -0.39 is 0 Å². The average molecular weight is 212 g/mol. The smallest absolute Gasteiger partial charge is 0.132 e. The van der Waals surface area contributed by atoms with Crippen LogP contribution >= 0.6 is 0 Å². The third-order valence-electron chi connectivity index (χ3n) is 2.66. The zero-order valence-electron chi connectivity index (χ0n) is 9.94. The van der Waals surface area contributed by atoms with E-state index >= 15 is 0 Å². The minimum absolute atomic E-state index is 0.967. The third kappa shape index (κ3) is 2.22. The summed E-state index contributed by atoms with van der Waals surface area (Å²) in [5.74, 6) is 0.967. The van der Waals surface area contributed by atoms with Gasteiger partial charge in [0.2, 0.25) is 0 Å². The van der Waals surface area contributed by atoms with Gasteiger partial charge < -0.3 is 4.90 Å². The van der Waals surface area contributed by atoms with Crippen molar-refractivity contribution in [1.82, 2.24) is 4.98 Å². The van der Waals surface area contributed by atoms with Crippen LogP contribution in [0.5, 0.6) is 0 Å². The Balaban J connectivity index is 2.28. The minimum Gasteiger partial charge on any atom is -0.329 e. The molecule has 2 aromatic rings. The van der Waals surface area contributed by atoms with Gasteiger partial charge in [0.15, 0.2) is 0 Å². The van der Waals surface area contributed by atoms with Gasteiger partial charge in [0.05, 0.1) is 0 Å². The van der Waals surface area contributed by atoms with E-state index in [2.05, 4.69) is 47.1 Å². The Morgan fingerprint density at radius 2 is 1.50 bits per heavy atom. The van der Waals surface area contributed by atoms with Crippen LogP contribution in [0.1, 0.15) is 11.1 Å². The highest BCUT2D eigenvalue weighted by Crippen LogP contribution is 2.21. The highest BCUT2D eigenvalue weighted by molar-refractivity contribution is 5.59. The molecular formula is C14H16N2. The first kappa shape index (κ1) is 10.7. The van der Waals surface area contributed by atoms with Crippen molar-refractivity contribution < 1.29 is 0 Å². The summed E-state index contributed by atoms with van der Waals surface area (Å²) in [6.07, 6.45) is 1.89. The zero-order valence-corrected chi connectivity index (χ0v) is 9.94. The number of rotatable bonds is 2. The molecule has 0 aliphatic heterocycles. The van der Waals surface area contributed by atoms with Gasteiger partial charge in [0, 0.05) is 18.9 Å². The lowest BCUT2D eigenvalue weighted by molar-refractivity contribution is 1.11. The number of aromatic nitrogens is 1. The molecule has 0 aliphatic carbocycles. The number of benzene rings is 1. The van der Waals surface area contributed by atoms with E-state index in [4.69, 9.17) is 0 Å². The van der Waals surface area contributed by atoms with Gasteiger partial charge in [-0.3, -0.25) is 0 Å². The second kappa shape index (κ2) is 4.35. The second-order valence-corrected chi connectivity index (χ2v) is 4.09. The van der Waals surface area contributed by atoms with Crippen LogP contribution in [0, 0.1) is 13.8 Å². The predicted molar refractivity (Wildman–Crippen MR) is 68.2 cm³/mol. The van der Waals surface area contributed by atoms with Gasteiger partial charge in [0.1, 0.15) is 5.82 Å². The summed E-state index contributed by atoms with van der Waals surface area (Å²) < 4.78 is 0. The molecule has 1 heterocycles. The van der Waals surface area contributed by atoms with Gasteiger partial charge in [-0.1, -0.05) is 23.8 Å². The first-order valence-electron chi connectivity index (χ1n) is 5.40. The Labute approximate surface area is 96.6 Å². The van der Waals surface area contributed by atoms with Gasteiger partial charge in [-0.05, 0) is 37.6 Å². The third-order valence-corrected chi connectivity index (χ3v) is 2.66. The lowest BCUT2D eigenvalue weighted by Crippen LogP contribution is -2.10. The number of hydrogen-bond acceptors (Lipinski definition) is 2. The fourth-order valence-electron chi connectivity index (χ4n) is 1.56. The van der Waals surface area contributed by atoms with Crippen LogP contribution in [0.25, 0.3) is 0 Å². The summed E-state index contributed by atoms with van der Waals surface area (Å²) in [7, 11) is 2.03. The van der Waals surface area contributed by atoms with Gasteiger partial charge in [-0.2, -0.15) is 0 Å². The molecule has 0 aliphatic rings. The van der Waals surface area contributed by atoms with Crippen LogP contribution in [-0.2, 0) is 0 Å². The summed E-state index contributed by atoms with van der Waals surface area (Å²) in [4.78, 5) is 6.49. The number of hydrogen-bond donors (Lipinski definition) is 0. The molecule has 2 heteroatoms. The maximum Gasteiger partial charge on any atom is 0.132 e. The van der Waals surface area contributed by atoms with Crippen LogP contribution in [0.15, 0.2) is 42.6 Å². The number of pyridine rings is 1. The maximum atomic E-state index is 4.40. The SMILES string of the molecule is Cc1ccc(N(C)c2ccc(C)cn2)cc1. The minimum atomic E-state index is 0.967. The van der Waals surface area contributed by atoms with E-state index in [0.717, 1.165) is 11.5 Å². The van der Waals surface area contributed by atoms with Crippen LogP contribution < -0.4 is 4.90 Å². The molecule has 0 amide bonds. The van der Waals surface area contributed by atoms with Crippen molar-refractivity contribution in [3.05, 3.63) is 53.7 Å². The lowest BCUT2D eigenvalue weighted by atomic mass is 10.2. The molecule has 0 spiro atoms. The van der Waals surface area contributed by atoms with Crippen molar-refractivity contribution in [1.29, 1.82) is 0 Å². The first-order chi connectivity index (χ1) is 7.66. The van der Waals surface area contributed by atoms with E-state index in [9.17, 15) is 0 Å². The zero-order chi connectivity index (χ0) is 11.5. The molecule has 0 radical (unpaired) electrons. The van der Waals surface area contributed by atoms with Crippen molar-refractivity contribution in [2.75, 3.05) is 11.9 Å². The monoisotopic (exact) mass is 212 g/mol. The standard InChI is InChI=1S/C14H16N2/c1-11-4-7-13(8-5-11)16(3)14-9-6-12(2)10-15-14/h4-10H,1-3H3. The molecule has 1 aromatic carbocycles. The highest BCUT2D eigenvalue weighted by Gasteiger charge is 2.03. The van der Waals surface area contributed by atoms with E-state index in [1.807, 2.05) is 26.2 Å². The molecule has 0 atom stereocenters. The molecule has 0 fully saturated rings. The van der Waals surface area contributed by atoms with Crippen LogP contribution in [-0.4, -0.2) is 12.0 Å². The molecule has 0 saturated carbocycles. The fraction of sp³-hybridized carbons (Fsp3) is 0.214. The molecule has 82 valence electrons. The van der Waals surface area contributed by atoms with E-state index in [0.29, 0.717) is 0 Å². The first-order valence-corrected chi connectivity index (χ1v) is 5.40. The van der Waals surface area contributed by atoms with Crippen molar-refractivity contribution in [2.45, 2.75) is 13.8 Å². The molecule has 0 unspecified atom stereocenters. The van der Waals surface area contributed by atoms with Crippen molar-refractivity contribution in [3.8, 4) is 0 Å². The second-order valence-electron chi connectivity index (χ2n) is 4.09. The Kier molecular flexibility index (Phi) is 2.91. The van der Waals surface area contributed by atoms with Gasteiger partial charge in [-0.25, -0.2) is 4.98 Å². The Morgan fingerprint density at radius 1 is 0.875 bits per heavy atom. The Bertz CT molecular complexity index is 412. The van der Waals surface area contributed by atoms with Crippen LogP contribution in [0.3, 0.4) is 0 Å². The molecule has 16 heavy (non-hydrogen) atoms. The number of anilines is 2. The Hall–Kier alpha value is -1.83. The van der Waals surface area contributed by atoms with Crippen LogP contribution in [0.4, 0.5) is 11.5 Å².